The standard InChI is InChI=1S/C39H28N6O4/c1-25-17-31-32-18-26(2)36(47-28-10-8-12-30(20-28)49-38-14-4-6-16-42-38)22-34(32)45(39-43-23-40-24-44-39)33(31)21-35(25)46-27-9-7-11-29(19-27)48-37-13-3-5-15-41-37/h3-24H,1-2H3/i1D3. The van der Waals surface area contributed by atoms with E-state index in [0.717, 1.165) is 10.9 Å². The third-order valence-corrected chi connectivity index (χ3v) is 7.63. The number of pyridine rings is 2. The molecule has 8 rings (SSSR count). The van der Waals surface area contributed by atoms with Crippen LogP contribution in [0.2, 0.25) is 0 Å². The Morgan fingerprint density at radius 3 is 1.55 bits per heavy atom. The van der Waals surface area contributed by atoms with Crippen LogP contribution in [0.25, 0.3) is 27.8 Å². The molecular formula is C39H28N6O4. The largest absolute Gasteiger partial charge is 0.457 e. The highest BCUT2D eigenvalue weighted by Gasteiger charge is 2.19. The van der Waals surface area contributed by atoms with Crippen LogP contribution in [0, 0.1) is 13.8 Å². The highest BCUT2D eigenvalue weighted by Crippen LogP contribution is 2.40. The minimum Gasteiger partial charge on any atom is -0.457 e. The zero-order chi connectivity index (χ0) is 35.7. The molecule has 49 heavy (non-hydrogen) atoms. The van der Waals surface area contributed by atoms with Crippen LogP contribution >= 0.6 is 0 Å². The summed E-state index contributed by atoms with van der Waals surface area (Å²) in [6, 6.07) is 32.2. The summed E-state index contributed by atoms with van der Waals surface area (Å²) in [5.74, 6) is 3.87. The lowest BCUT2D eigenvalue weighted by Crippen LogP contribution is -2.01. The Morgan fingerprint density at radius 1 is 0.531 bits per heavy atom. The van der Waals surface area contributed by atoms with E-state index in [0.29, 0.717) is 62.9 Å². The first kappa shape index (κ1) is 26.3. The third-order valence-electron chi connectivity index (χ3n) is 7.63. The van der Waals surface area contributed by atoms with Crippen molar-refractivity contribution >= 4 is 21.8 Å². The van der Waals surface area contributed by atoms with Crippen LogP contribution in [0.15, 0.2) is 134 Å². The molecule has 0 aliphatic heterocycles. The summed E-state index contributed by atoms with van der Waals surface area (Å²) >= 11 is 0. The van der Waals surface area contributed by atoms with Crippen molar-refractivity contribution in [1.82, 2.24) is 29.5 Å². The van der Waals surface area contributed by atoms with Crippen molar-refractivity contribution in [3.8, 4) is 52.2 Å². The first-order valence-corrected chi connectivity index (χ1v) is 15.3. The number of ether oxygens (including phenoxy) is 4. The van der Waals surface area contributed by atoms with E-state index in [4.69, 9.17) is 23.1 Å². The van der Waals surface area contributed by atoms with Gasteiger partial charge in [0, 0.05) is 63.7 Å². The quantitative estimate of drug-likeness (QED) is 0.151. The van der Waals surface area contributed by atoms with Gasteiger partial charge in [-0.05, 0) is 73.4 Å². The van der Waals surface area contributed by atoms with Gasteiger partial charge in [0.2, 0.25) is 17.7 Å². The number of nitrogens with zero attached hydrogens (tertiary/aromatic N) is 6. The highest BCUT2D eigenvalue weighted by molar-refractivity contribution is 6.10. The number of aryl methyl sites for hydroxylation is 2. The van der Waals surface area contributed by atoms with Crippen LogP contribution in [-0.2, 0) is 0 Å². The van der Waals surface area contributed by atoms with Gasteiger partial charge in [-0.25, -0.2) is 24.9 Å². The van der Waals surface area contributed by atoms with Gasteiger partial charge in [0.25, 0.3) is 0 Å². The molecule has 10 heteroatoms. The molecule has 0 saturated heterocycles. The summed E-state index contributed by atoms with van der Waals surface area (Å²) in [4.78, 5) is 21.3. The molecule has 0 spiro atoms. The Hall–Kier alpha value is -6.81. The van der Waals surface area contributed by atoms with Crippen LogP contribution in [0.3, 0.4) is 0 Å². The van der Waals surface area contributed by atoms with E-state index >= 15 is 0 Å². The topological polar surface area (TPSA) is 106 Å². The fraction of sp³-hybridized carbons (Fsp3) is 0.0513. The highest BCUT2D eigenvalue weighted by atomic mass is 16.5. The second-order valence-electron chi connectivity index (χ2n) is 11.0. The van der Waals surface area contributed by atoms with Gasteiger partial charge in [-0.2, -0.15) is 0 Å². The number of fused-ring (bicyclic) bond motifs is 3. The summed E-state index contributed by atoms with van der Waals surface area (Å²) in [6.45, 7) is -0.578. The molecule has 4 aromatic heterocycles. The van der Waals surface area contributed by atoms with Crippen LogP contribution in [0.1, 0.15) is 15.2 Å². The summed E-state index contributed by atoms with van der Waals surface area (Å²) in [6.07, 6.45) is 6.10. The molecule has 0 N–H and O–H groups in total. The van der Waals surface area contributed by atoms with Crippen molar-refractivity contribution in [3.05, 3.63) is 145 Å². The van der Waals surface area contributed by atoms with E-state index in [-0.39, 0.29) is 11.3 Å². The molecule has 0 atom stereocenters. The summed E-state index contributed by atoms with van der Waals surface area (Å²) in [5.41, 5.74) is 2.15. The molecular weight excluding hydrogens is 616 g/mol. The van der Waals surface area contributed by atoms with Gasteiger partial charge in [0.1, 0.15) is 47.2 Å². The molecule has 8 aromatic rings. The maximum Gasteiger partial charge on any atom is 0.237 e. The summed E-state index contributed by atoms with van der Waals surface area (Å²) in [5, 5.41) is 1.44. The lowest BCUT2D eigenvalue weighted by molar-refractivity contribution is 0.447. The van der Waals surface area contributed by atoms with E-state index in [9.17, 15) is 0 Å². The zero-order valence-corrected chi connectivity index (χ0v) is 26.0. The SMILES string of the molecule is [2H]C([2H])([2H])c1cc2c3cc(C)c(Oc4cccc(Oc5ccccn5)c4)cc3n(-c3ncncn3)c2cc1Oc1cccc(Oc2ccccn2)c1. The van der Waals surface area contributed by atoms with E-state index in [1.54, 1.807) is 73.1 Å². The Balaban J connectivity index is 1.23. The normalized spacial score (nSPS) is 12.2. The molecule has 0 saturated carbocycles. The van der Waals surface area contributed by atoms with Crippen molar-refractivity contribution in [2.75, 3.05) is 0 Å². The van der Waals surface area contributed by atoms with Crippen molar-refractivity contribution in [2.24, 2.45) is 0 Å². The molecule has 238 valence electrons. The molecule has 0 fully saturated rings. The summed E-state index contributed by atoms with van der Waals surface area (Å²) in [7, 11) is 0. The Bertz CT molecular complexity index is 2530. The van der Waals surface area contributed by atoms with Gasteiger partial charge in [-0.15, -0.1) is 0 Å². The minimum atomic E-state index is -2.51. The van der Waals surface area contributed by atoms with Crippen molar-refractivity contribution in [1.29, 1.82) is 0 Å². The van der Waals surface area contributed by atoms with Crippen LogP contribution in [0.4, 0.5) is 0 Å². The molecule has 0 unspecified atom stereocenters. The third kappa shape index (κ3) is 6.18. The van der Waals surface area contributed by atoms with Gasteiger partial charge in [-0.1, -0.05) is 24.3 Å². The van der Waals surface area contributed by atoms with Gasteiger partial charge < -0.3 is 18.9 Å². The van der Waals surface area contributed by atoms with Crippen LogP contribution in [0.5, 0.6) is 46.3 Å². The fourth-order valence-electron chi connectivity index (χ4n) is 5.45. The molecule has 0 bridgehead atoms. The Morgan fingerprint density at radius 2 is 1.04 bits per heavy atom. The molecule has 0 radical (unpaired) electrons. The number of benzene rings is 4. The molecule has 4 aromatic carbocycles. The molecule has 10 nitrogen and oxygen atoms in total. The van der Waals surface area contributed by atoms with Gasteiger partial charge in [-0.3, -0.25) is 4.57 Å². The first-order valence-electron chi connectivity index (χ1n) is 16.8. The lowest BCUT2D eigenvalue weighted by atomic mass is 10.1. The van der Waals surface area contributed by atoms with Crippen molar-refractivity contribution in [2.45, 2.75) is 13.8 Å². The van der Waals surface area contributed by atoms with E-state index in [2.05, 4.69) is 24.9 Å². The van der Waals surface area contributed by atoms with Gasteiger partial charge in [0.15, 0.2) is 0 Å². The molecule has 4 heterocycles. The minimum absolute atomic E-state index is 0.0356. The second-order valence-corrected chi connectivity index (χ2v) is 11.0. The maximum absolute atomic E-state index is 8.46. The predicted octanol–water partition coefficient (Wildman–Crippen LogP) is 9.54. The molecule has 0 aliphatic rings. The monoisotopic (exact) mass is 647 g/mol. The first-order chi connectivity index (χ1) is 25.3. The van der Waals surface area contributed by atoms with Gasteiger partial charge >= 0.3 is 0 Å². The van der Waals surface area contributed by atoms with Crippen LogP contribution < -0.4 is 18.9 Å². The van der Waals surface area contributed by atoms with Crippen molar-refractivity contribution in [3.63, 3.8) is 0 Å². The number of aromatic nitrogens is 6. The van der Waals surface area contributed by atoms with E-state index < -0.39 is 6.85 Å². The maximum atomic E-state index is 8.46. The van der Waals surface area contributed by atoms with Gasteiger partial charge in [0.05, 0.1) is 11.0 Å². The predicted molar refractivity (Wildman–Crippen MR) is 185 cm³/mol. The number of hydrogen-bond acceptors (Lipinski definition) is 9. The average molecular weight is 648 g/mol. The Labute approximate surface area is 285 Å². The second kappa shape index (κ2) is 12.8. The van der Waals surface area contributed by atoms with Crippen molar-refractivity contribution < 1.29 is 23.1 Å². The fourth-order valence-corrected chi connectivity index (χ4v) is 5.45. The zero-order valence-electron chi connectivity index (χ0n) is 29.0. The van der Waals surface area contributed by atoms with Crippen LogP contribution in [-0.4, -0.2) is 29.5 Å². The smallest absolute Gasteiger partial charge is 0.237 e. The Kier molecular flexibility index (Phi) is 6.85. The average Bonchev–Trinajstić information content (AvgIpc) is 3.44. The molecule has 0 amide bonds. The number of rotatable bonds is 9. The van der Waals surface area contributed by atoms with E-state index in [1.807, 2.05) is 60.0 Å². The summed E-state index contributed by atoms with van der Waals surface area (Å²) < 4.78 is 51.8. The number of hydrogen-bond donors (Lipinski definition) is 0. The lowest BCUT2D eigenvalue weighted by Gasteiger charge is -2.12. The molecule has 0 aliphatic carbocycles. The van der Waals surface area contributed by atoms with E-state index in [1.165, 1.54) is 12.7 Å².